The molecule has 0 unspecified atom stereocenters. The van der Waals surface area contributed by atoms with E-state index < -0.39 is 5.60 Å². The molecule has 4 rings (SSSR count). The predicted octanol–water partition coefficient (Wildman–Crippen LogP) is 4.35. The summed E-state index contributed by atoms with van der Waals surface area (Å²) < 4.78 is 1.97. The van der Waals surface area contributed by atoms with Crippen LogP contribution in [0.25, 0.3) is 11.2 Å². The third kappa shape index (κ3) is 4.05. The average molecular weight is 401 g/mol. The van der Waals surface area contributed by atoms with Crippen molar-refractivity contribution in [1.29, 1.82) is 0 Å². The summed E-state index contributed by atoms with van der Waals surface area (Å²) >= 11 is 6.11. The third-order valence-corrected chi connectivity index (χ3v) is 5.49. The van der Waals surface area contributed by atoms with Crippen molar-refractivity contribution in [2.45, 2.75) is 51.2 Å². The van der Waals surface area contributed by atoms with Crippen molar-refractivity contribution in [3.05, 3.63) is 35.6 Å². The van der Waals surface area contributed by atoms with E-state index in [-0.39, 0.29) is 0 Å². The number of nitrogens with one attached hydrogen (secondary N) is 2. The minimum Gasteiger partial charge on any atom is -0.388 e. The van der Waals surface area contributed by atoms with Gasteiger partial charge in [-0.05, 0) is 38.0 Å². The van der Waals surface area contributed by atoms with E-state index in [2.05, 4.69) is 25.6 Å². The summed E-state index contributed by atoms with van der Waals surface area (Å²) in [5.41, 5.74) is 1.58. The lowest BCUT2D eigenvalue weighted by Gasteiger charge is -2.32. The molecule has 2 aromatic heterocycles. The maximum atomic E-state index is 10.8. The Hall–Kier alpha value is -2.38. The first-order valence-electron chi connectivity index (χ1n) is 9.78. The number of anilines is 3. The number of aromatic nitrogens is 4. The van der Waals surface area contributed by atoms with Crippen LogP contribution in [0.3, 0.4) is 0 Å². The average Bonchev–Trinajstić information content (AvgIpc) is 3.10. The minimum atomic E-state index is -0.692. The van der Waals surface area contributed by atoms with Gasteiger partial charge in [0.25, 0.3) is 0 Å². The Morgan fingerprint density at radius 2 is 2.04 bits per heavy atom. The Labute approximate surface area is 169 Å². The van der Waals surface area contributed by atoms with Crippen molar-refractivity contribution in [2.24, 2.45) is 0 Å². The molecule has 8 heteroatoms. The Bertz CT molecular complexity index is 966. The molecule has 1 saturated carbocycles. The van der Waals surface area contributed by atoms with Gasteiger partial charge in [-0.1, -0.05) is 36.9 Å². The SMILES string of the molecule is CCn1cnc2c(Nc3cccc(Cl)c3)nc(NCC3(O)CCCCC3)nc21. The second kappa shape index (κ2) is 7.93. The second-order valence-corrected chi connectivity index (χ2v) is 7.81. The number of fused-ring (bicyclic) bond motifs is 1. The molecule has 2 heterocycles. The first-order valence-corrected chi connectivity index (χ1v) is 10.2. The van der Waals surface area contributed by atoms with Gasteiger partial charge in [0, 0.05) is 23.8 Å². The molecule has 0 atom stereocenters. The number of imidazole rings is 1. The summed E-state index contributed by atoms with van der Waals surface area (Å²) in [5.74, 6) is 1.09. The topological polar surface area (TPSA) is 87.9 Å². The number of rotatable bonds is 6. The fraction of sp³-hybridized carbons (Fsp3) is 0.450. The lowest BCUT2D eigenvalue weighted by atomic mass is 9.85. The number of aryl methyl sites for hydroxylation is 1. The van der Waals surface area contributed by atoms with E-state index >= 15 is 0 Å². The largest absolute Gasteiger partial charge is 0.388 e. The standard InChI is InChI=1S/C20H25ClN6O/c1-2-27-13-23-16-17(24-15-8-6-7-14(21)11-15)25-19(26-18(16)27)22-12-20(28)9-4-3-5-10-20/h6-8,11,13,28H,2-5,9-10,12H2,1H3,(H2,22,24,25,26). The highest BCUT2D eigenvalue weighted by molar-refractivity contribution is 6.30. The molecule has 0 aliphatic heterocycles. The maximum absolute atomic E-state index is 10.8. The zero-order valence-electron chi connectivity index (χ0n) is 16.0. The van der Waals surface area contributed by atoms with Gasteiger partial charge in [-0.25, -0.2) is 4.98 Å². The molecular formula is C20H25ClN6O. The van der Waals surface area contributed by atoms with Crippen LogP contribution in [0.5, 0.6) is 0 Å². The lowest BCUT2D eigenvalue weighted by molar-refractivity contribution is 0.0166. The van der Waals surface area contributed by atoms with Crippen molar-refractivity contribution in [2.75, 3.05) is 17.2 Å². The summed E-state index contributed by atoms with van der Waals surface area (Å²) in [6, 6.07) is 7.47. The van der Waals surface area contributed by atoms with Gasteiger partial charge >= 0.3 is 0 Å². The first-order chi connectivity index (χ1) is 13.6. The van der Waals surface area contributed by atoms with Crippen molar-refractivity contribution in [3.8, 4) is 0 Å². The molecular weight excluding hydrogens is 376 g/mol. The molecule has 0 radical (unpaired) electrons. The molecule has 1 aliphatic carbocycles. The Kier molecular flexibility index (Phi) is 5.37. The number of aliphatic hydroxyl groups is 1. The number of hydrogen-bond acceptors (Lipinski definition) is 6. The number of hydrogen-bond donors (Lipinski definition) is 3. The van der Waals surface area contributed by atoms with Crippen LogP contribution in [-0.4, -0.2) is 36.8 Å². The Morgan fingerprint density at radius 1 is 1.21 bits per heavy atom. The number of nitrogens with zero attached hydrogens (tertiary/aromatic N) is 4. The van der Waals surface area contributed by atoms with Crippen LogP contribution in [0.1, 0.15) is 39.0 Å². The number of halogens is 1. The lowest BCUT2D eigenvalue weighted by Crippen LogP contribution is -2.39. The summed E-state index contributed by atoms with van der Waals surface area (Å²) in [6.45, 7) is 3.24. The van der Waals surface area contributed by atoms with Crippen molar-refractivity contribution < 1.29 is 5.11 Å². The molecule has 1 fully saturated rings. The van der Waals surface area contributed by atoms with E-state index in [0.29, 0.717) is 28.9 Å². The fourth-order valence-electron chi connectivity index (χ4n) is 3.68. The van der Waals surface area contributed by atoms with Crippen LogP contribution >= 0.6 is 11.6 Å². The molecule has 3 aromatic rings. The highest BCUT2D eigenvalue weighted by Crippen LogP contribution is 2.29. The minimum absolute atomic E-state index is 0.440. The van der Waals surface area contributed by atoms with E-state index in [4.69, 9.17) is 11.6 Å². The molecule has 148 valence electrons. The molecule has 0 bridgehead atoms. The van der Waals surface area contributed by atoms with Gasteiger partial charge in [0.15, 0.2) is 17.0 Å². The van der Waals surface area contributed by atoms with E-state index in [9.17, 15) is 5.11 Å². The fourth-order valence-corrected chi connectivity index (χ4v) is 3.87. The van der Waals surface area contributed by atoms with Crippen LogP contribution in [0.4, 0.5) is 17.5 Å². The highest BCUT2D eigenvalue weighted by Gasteiger charge is 2.29. The zero-order valence-corrected chi connectivity index (χ0v) is 16.7. The summed E-state index contributed by atoms with van der Waals surface area (Å²) in [6.07, 6.45) is 6.69. The van der Waals surface area contributed by atoms with Gasteiger partial charge in [-0.2, -0.15) is 9.97 Å². The summed E-state index contributed by atoms with van der Waals surface area (Å²) in [7, 11) is 0. The zero-order chi connectivity index (χ0) is 19.6. The normalized spacial score (nSPS) is 16.2. The van der Waals surface area contributed by atoms with Gasteiger partial charge in [-0.3, -0.25) is 0 Å². The second-order valence-electron chi connectivity index (χ2n) is 7.37. The van der Waals surface area contributed by atoms with Crippen LogP contribution in [0, 0.1) is 0 Å². The smallest absolute Gasteiger partial charge is 0.226 e. The van der Waals surface area contributed by atoms with Crippen molar-refractivity contribution >= 4 is 40.2 Å². The van der Waals surface area contributed by atoms with Gasteiger partial charge in [0.2, 0.25) is 5.95 Å². The Morgan fingerprint density at radius 3 is 2.79 bits per heavy atom. The number of benzene rings is 1. The monoisotopic (exact) mass is 400 g/mol. The van der Waals surface area contributed by atoms with E-state index in [1.54, 1.807) is 6.33 Å². The predicted molar refractivity (Wildman–Crippen MR) is 112 cm³/mol. The van der Waals surface area contributed by atoms with Crippen LogP contribution in [0.2, 0.25) is 5.02 Å². The van der Waals surface area contributed by atoms with Gasteiger partial charge in [0.05, 0.1) is 11.9 Å². The first kappa shape index (κ1) is 19.0. The summed E-state index contributed by atoms with van der Waals surface area (Å²) in [5, 5.41) is 18.0. The molecule has 3 N–H and O–H groups in total. The van der Waals surface area contributed by atoms with E-state index in [1.165, 1.54) is 6.42 Å². The van der Waals surface area contributed by atoms with E-state index in [0.717, 1.165) is 43.6 Å². The molecule has 0 saturated heterocycles. The molecule has 1 aliphatic rings. The summed E-state index contributed by atoms with van der Waals surface area (Å²) in [4.78, 5) is 13.7. The Balaban J connectivity index is 1.64. The maximum Gasteiger partial charge on any atom is 0.226 e. The molecule has 1 aromatic carbocycles. The molecule has 0 spiro atoms. The quantitative estimate of drug-likeness (QED) is 0.570. The van der Waals surface area contributed by atoms with Crippen LogP contribution < -0.4 is 10.6 Å². The van der Waals surface area contributed by atoms with Crippen molar-refractivity contribution in [1.82, 2.24) is 19.5 Å². The molecule has 0 amide bonds. The van der Waals surface area contributed by atoms with Crippen LogP contribution in [-0.2, 0) is 6.54 Å². The van der Waals surface area contributed by atoms with Crippen molar-refractivity contribution in [3.63, 3.8) is 0 Å². The third-order valence-electron chi connectivity index (χ3n) is 5.25. The molecule has 7 nitrogen and oxygen atoms in total. The van der Waals surface area contributed by atoms with E-state index in [1.807, 2.05) is 35.8 Å². The van der Waals surface area contributed by atoms with Gasteiger partial charge in [-0.15, -0.1) is 0 Å². The molecule has 28 heavy (non-hydrogen) atoms. The van der Waals surface area contributed by atoms with Gasteiger partial charge in [0.1, 0.15) is 0 Å². The van der Waals surface area contributed by atoms with Gasteiger partial charge < -0.3 is 20.3 Å². The highest BCUT2D eigenvalue weighted by atomic mass is 35.5. The van der Waals surface area contributed by atoms with Crippen LogP contribution in [0.15, 0.2) is 30.6 Å².